The third kappa shape index (κ3) is 2.18. The third-order valence-electron chi connectivity index (χ3n) is 1.92. The number of isocyanates is 1. The van der Waals surface area contributed by atoms with E-state index in [0.29, 0.717) is 12.3 Å². The fourth-order valence-corrected chi connectivity index (χ4v) is 1.10. The molecule has 1 fully saturated rings. The van der Waals surface area contributed by atoms with Crippen LogP contribution in [0.5, 0.6) is 0 Å². The van der Waals surface area contributed by atoms with Crippen LogP contribution in [-0.2, 0) is 4.79 Å². The van der Waals surface area contributed by atoms with Gasteiger partial charge >= 0.3 is 0 Å². The van der Waals surface area contributed by atoms with Gasteiger partial charge in [0.25, 0.3) is 0 Å². The van der Waals surface area contributed by atoms with Crippen LogP contribution in [0, 0.1) is 17.2 Å². The fraction of sp³-hybridized carbons (Fsp3) is 0.750. The Hall–Kier alpha value is -1.13. The summed E-state index contributed by atoms with van der Waals surface area (Å²) < 4.78 is 0. The zero-order chi connectivity index (χ0) is 8.32. The highest BCUT2D eigenvalue weighted by Crippen LogP contribution is 2.37. The molecule has 0 bridgehead atoms. The Kier molecular flexibility index (Phi) is 2.07. The molecule has 0 aromatic carbocycles. The van der Waals surface area contributed by atoms with Crippen molar-refractivity contribution in [3.05, 3.63) is 0 Å². The smallest absolute Gasteiger partial charge is 0.211 e. The number of nitrogens with zero attached hydrogens (tertiary/aromatic N) is 2. The maximum absolute atomic E-state index is 9.94. The summed E-state index contributed by atoms with van der Waals surface area (Å²) in [6, 6.07) is 2.02. The van der Waals surface area contributed by atoms with Gasteiger partial charge in [0.2, 0.25) is 6.08 Å². The van der Waals surface area contributed by atoms with Crippen molar-refractivity contribution in [2.45, 2.75) is 31.7 Å². The summed E-state index contributed by atoms with van der Waals surface area (Å²) in [5.74, 6) is 0.608. The van der Waals surface area contributed by atoms with E-state index < -0.39 is 5.54 Å². The van der Waals surface area contributed by atoms with Gasteiger partial charge in [0.15, 0.2) is 5.54 Å². The summed E-state index contributed by atoms with van der Waals surface area (Å²) >= 11 is 0. The molecule has 1 unspecified atom stereocenters. The Morgan fingerprint density at radius 1 is 1.73 bits per heavy atom. The Morgan fingerprint density at radius 2 is 2.36 bits per heavy atom. The number of carbonyl (C=O) groups excluding carboxylic acids is 1. The van der Waals surface area contributed by atoms with Crippen molar-refractivity contribution in [2.75, 3.05) is 0 Å². The van der Waals surface area contributed by atoms with E-state index in [0.717, 1.165) is 0 Å². The van der Waals surface area contributed by atoms with E-state index >= 15 is 0 Å². The highest BCUT2D eigenvalue weighted by molar-refractivity contribution is 5.36. The summed E-state index contributed by atoms with van der Waals surface area (Å²) in [6.07, 6.45) is 4.50. The normalized spacial score (nSPS) is 21.1. The molecule has 1 saturated carbocycles. The van der Waals surface area contributed by atoms with Gasteiger partial charge in [-0.2, -0.15) is 10.3 Å². The lowest BCUT2D eigenvalue weighted by Gasteiger charge is -2.11. The molecule has 1 aliphatic rings. The van der Waals surface area contributed by atoms with Crippen molar-refractivity contribution in [2.24, 2.45) is 10.9 Å². The Morgan fingerprint density at radius 3 is 2.73 bits per heavy atom. The SMILES string of the molecule is CC(C#N)(CC1CC1)N=C=O. The first-order valence-electron chi connectivity index (χ1n) is 3.70. The van der Waals surface area contributed by atoms with Crippen molar-refractivity contribution >= 4 is 6.08 Å². The van der Waals surface area contributed by atoms with E-state index in [-0.39, 0.29) is 0 Å². The number of rotatable bonds is 3. The molecule has 1 aliphatic carbocycles. The average molecular weight is 150 g/mol. The van der Waals surface area contributed by atoms with Crippen molar-refractivity contribution in [1.29, 1.82) is 5.26 Å². The first kappa shape index (κ1) is 7.97. The van der Waals surface area contributed by atoms with Gasteiger partial charge in [-0.05, 0) is 19.3 Å². The van der Waals surface area contributed by atoms with Gasteiger partial charge in [0, 0.05) is 0 Å². The molecule has 0 aromatic rings. The van der Waals surface area contributed by atoms with Gasteiger partial charge in [-0.1, -0.05) is 12.8 Å². The molecule has 0 amide bonds. The van der Waals surface area contributed by atoms with Crippen LogP contribution < -0.4 is 0 Å². The van der Waals surface area contributed by atoms with Gasteiger partial charge in [-0.25, -0.2) is 4.79 Å². The molecule has 0 heterocycles. The van der Waals surface area contributed by atoms with Gasteiger partial charge < -0.3 is 0 Å². The van der Waals surface area contributed by atoms with E-state index in [1.54, 1.807) is 6.92 Å². The molecule has 1 atom stereocenters. The number of nitriles is 1. The van der Waals surface area contributed by atoms with Crippen LogP contribution in [0.15, 0.2) is 4.99 Å². The second-order valence-electron chi connectivity index (χ2n) is 3.24. The molecule has 3 nitrogen and oxygen atoms in total. The molecule has 11 heavy (non-hydrogen) atoms. The Bertz CT molecular complexity index is 233. The molecule has 3 heteroatoms. The minimum absolute atomic E-state index is 0.608. The van der Waals surface area contributed by atoms with E-state index in [4.69, 9.17) is 5.26 Å². The topological polar surface area (TPSA) is 53.2 Å². The molecule has 0 spiro atoms. The monoisotopic (exact) mass is 150 g/mol. The minimum Gasteiger partial charge on any atom is -0.211 e. The lowest BCUT2D eigenvalue weighted by atomic mass is 9.98. The van der Waals surface area contributed by atoms with Crippen molar-refractivity contribution in [3.63, 3.8) is 0 Å². The van der Waals surface area contributed by atoms with Crippen LogP contribution in [-0.4, -0.2) is 11.6 Å². The standard InChI is InChI=1S/C8H10N2O/c1-8(5-9,10-6-11)4-7-2-3-7/h7H,2-4H2,1H3. The third-order valence-corrected chi connectivity index (χ3v) is 1.92. The maximum Gasteiger partial charge on any atom is 0.236 e. The number of aliphatic imine (C=N–C) groups is 1. The predicted octanol–water partition coefficient (Wildman–Crippen LogP) is 1.40. The first-order valence-corrected chi connectivity index (χ1v) is 3.70. The van der Waals surface area contributed by atoms with Crippen molar-refractivity contribution < 1.29 is 4.79 Å². The average Bonchev–Trinajstić information content (AvgIpc) is 2.73. The summed E-state index contributed by atoms with van der Waals surface area (Å²) in [7, 11) is 0. The Labute approximate surface area is 65.7 Å². The lowest BCUT2D eigenvalue weighted by Crippen LogP contribution is -2.19. The largest absolute Gasteiger partial charge is 0.236 e. The molecule has 58 valence electrons. The minimum atomic E-state index is -0.817. The van der Waals surface area contributed by atoms with Gasteiger partial charge in [-0.3, -0.25) is 0 Å². The Balaban J connectivity index is 2.58. The van der Waals surface area contributed by atoms with Crippen LogP contribution in [0.25, 0.3) is 0 Å². The molecule has 0 saturated heterocycles. The van der Waals surface area contributed by atoms with Crippen molar-refractivity contribution in [3.8, 4) is 6.07 Å². The van der Waals surface area contributed by atoms with Crippen molar-refractivity contribution in [1.82, 2.24) is 0 Å². The highest BCUT2D eigenvalue weighted by Gasteiger charge is 2.33. The van der Waals surface area contributed by atoms with E-state index in [2.05, 4.69) is 4.99 Å². The predicted molar refractivity (Wildman–Crippen MR) is 39.5 cm³/mol. The summed E-state index contributed by atoms with van der Waals surface area (Å²) in [4.78, 5) is 13.4. The van der Waals surface area contributed by atoms with E-state index in [1.165, 1.54) is 18.9 Å². The van der Waals surface area contributed by atoms with E-state index in [1.807, 2.05) is 6.07 Å². The van der Waals surface area contributed by atoms with Gasteiger partial charge in [0.05, 0.1) is 6.07 Å². The summed E-state index contributed by atoms with van der Waals surface area (Å²) in [6.45, 7) is 1.68. The summed E-state index contributed by atoms with van der Waals surface area (Å²) in [5.41, 5.74) is -0.817. The van der Waals surface area contributed by atoms with Crippen LogP contribution in [0.4, 0.5) is 0 Å². The lowest BCUT2D eigenvalue weighted by molar-refractivity contribution is 0.497. The van der Waals surface area contributed by atoms with Crippen LogP contribution in [0.2, 0.25) is 0 Å². The first-order chi connectivity index (χ1) is 5.20. The molecule has 1 rings (SSSR count). The molecule has 0 N–H and O–H groups in total. The molecule has 0 aliphatic heterocycles. The zero-order valence-electron chi connectivity index (χ0n) is 6.50. The molecule has 0 aromatic heterocycles. The molecule has 0 radical (unpaired) electrons. The highest BCUT2D eigenvalue weighted by atomic mass is 16.1. The number of hydrogen-bond acceptors (Lipinski definition) is 3. The van der Waals surface area contributed by atoms with Crippen LogP contribution >= 0.6 is 0 Å². The fourth-order valence-electron chi connectivity index (χ4n) is 1.10. The second kappa shape index (κ2) is 2.86. The molecular weight excluding hydrogens is 140 g/mol. The van der Waals surface area contributed by atoms with Crippen LogP contribution in [0.1, 0.15) is 26.2 Å². The maximum atomic E-state index is 9.94. The zero-order valence-corrected chi connectivity index (χ0v) is 6.50. The number of hydrogen-bond donors (Lipinski definition) is 0. The second-order valence-corrected chi connectivity index (χ2v) is 3.24. The summed E-state index contributed by atoms with van der Waals surface area (Å²) in [5, 5.41) is 8.67. The molecular formula is C8H10N2O. The van der Waals surface area contributed by atoms with Gasteiger partial charge in [-0.15, -0.1) is 0 Å². The quantitative estimate of drug-likeness (QED) is 0.451. The van der Waals surface area contributed by atoms with Gasteiger partial charge in [0.1, 0.15) is 0 Å². The van der Waals surface area contributed by atoms with Crippen LogP contribution in [0.3, 0.4) is 0 Å². The van der Waals surface area contributed by atoms with E-state index in [9.17, 15) is 4.79 Å².